The molecular formula is C15H15NO7. The number of anilines is 1. The summed E-state index contributed by atoms with van der Waals surface area (Å²) in [5.41, 5.74) is 0.693. The first-order valence-corrected chi connectivity index (χ1v) is 6.81. The van der Waals surface area contributed by atoms with Gasteiger partial charge in [0.2, 0.25) is 6.79 Å². The molecule has 0 atom stereocenters. The van der Waals surface area contributed by atoms with Gasteiger partial charge in [0.1, 0.15) is 12.4 Å². The Bertz CT molecular complexity index is 682. The van der Waals surface area contributed by atoms with Gasteiger partial charge in [0.25, 0.3) is 0 Å². The molecule has 0 spiro atoms. The van der Waals surface area contributed by atoms with Gasteiger partial charge >= 0.3 is 11.9 Å². The minimum absolute atomic E-state index is 0.0417. The van der Waals surface area contributed by atoms with Crippen LogP contribution in [0.1, 0.15) is 0 Å². The first-order valence-electron chi connectivity index (χ1n) is 6.81. The molecule has 0 N–H and O–H groups in total. The zero-order valence-corrected chi connectivity index (χ0v) is 12.7. The van der Waals surface area contributed by atoms with Crippen LogP contribution in [-0.4, -0.2) is 46.3 Å². The van der Waals surface area contributed by atoms with E-state index in [0.29, 0.717) is 17.2 Å². The molecule has 2 aliphatic rings. The van der Waals surface area contributed by atoms with Crippen molar-refractivity contribution in [1.29, 1.82) is 0 Å². The molecule has 1 aromatic carbocycles. The van der Waals surface area contributed by atoms with Crippen LogP contribution in [0, 0.1) is 0 Å². The van der Waals surface area contributed by atoms with Crippen LogP contribution in [0.3, 0.4) is 0 Å². The summed E-state index contributed by atoms with van der Waals surface area (Å²) in [6, 6.07) is 5.24. The quantitative estimate of drug-likeness (QED) is 0.756. The van der Waals surface area contributed by atoms with Crippen molar-refractivity contribution in [1.82, 2.24) is 0 Å². The zero-order valence-electron chi connectivity index (χ0n) is 12.7. The molecule has 8 nitrogen and oxygen atoms in total. The highest BCUT2D eigenvalue weighted by Crippen LogP contribution is 2.43. The second-order valence-electron chi connectivity index (χ2n) is 4.73. The Labute approximate surface area is 132 Å². The summed E-state index contributed by atoms with van der Waals surface area (Å²) in [5.74, 6) is -0.286. The number of methoxy groups -OCH3 is 2. The number of nitrogens with zero attached hydrogens (tertiary/aromatic N) is 1. The van der Waals surface area contributed by atoms with Gasteiger partial charge in [-0.05, 0) is 12.1 Å². The Kier molecular flexibility index (Phi) is 4.07. The van der Waals surface area contributed by atoms with Crippen LogP contribution in [0.2, 0.25) is 0 Å². The van der Waals surface area contributed by atoms with E-state index in [-0.39, 0.29) is 31.4 Å². The predicted octanol–water partition coefficient (Wildman–Crippen LogP) is 0.809. The van der Waals surface area contributed by atoms with E-state index in [1.54, 1.807) is 18.2 Å². The number of ether oxygens (including phenoxy) is 5. The highest BCUT2D eigenvalue weighted by Gasteiger charge is 2.34. The molecule has 0 saturated heterocycles. The number of benzene rings is 1. The standard InChI is InChI=1S/C15H15NO7/c1-19-14(17)9-6-21-7-16(12(9)15(18)20-2)10-4-3-5-11-13(10)23-8-22-11/h3-5H,6-8H2,1-2H3. The maximum Gasteiger partial charge on any atom is 0.355 e. The molecule has 0 fully saturated rings. The predicted molar refractivity (Wildman–Crippen MR) is 76.9 cm³/mol. The van der Waals surface area contributed by atoms with Crippen molar-refractivity contribution >= 4 is 17.6 Å². The highest BCUT2D eigenvalue weighted by atomic mass is 16.7. The normalized spacial score (nSPS) is 16.3. The third-order valence-corrected chi connectivity index (χ3v) is 3.50. The number of esters is 2. The van der Waals surface area contributed by atoms with E-state index < -0.39 is 11.9 Å². The summed E-state index contributed by atoms with van der Waals surface area (Å²) < 4.78 is 25.7. The lowest BCUT2D eigenvalue weighted by atomic mass is 10.1. The number of hydrogen-bond acceptors (Lipinski definition) is 8. The van der Waals surface area contributed by atoms with Crippen LogP contribution in [-0.2, 0) is 23.8 Å². The van der Waals surface area contributed by atoms with E-state index in [4.69, 9.17) is 23.7 Å². The lowest BCUT2D eigenvalue weighted by molar-refractivity contribution is -0.140. The fourth-order valence-electron chi connectivity index (χ4n) is 2.46. The van der Waals surface area contributed by atoms with E-state index in [1.165, 1.54) is 19.1 Å². The average Bonchev–Trinajstić information content (AvgIpc) is 3.08. The lowest BCUT2D eigenvalue weighted by Gasteiger charge is -2.31. The maximum absolute atomic E-state index is 12.2. The summed E-state index contributed by atoms with van der Waals surface area (Å²) >= 11 is 0. The van der Waals surface area contributed by atoms with Crippen LogP contribution < -0.4 is 14.4 Å². The molecule has 0 saturated carbocycles. The molecule has 2 heterocycles. The Morgan fingerprint density at radius 2 is 1.91 bits per heavy atom. The average molecular weight is 321 g/mol. The van der Waals surface area contributed by atoms with Crippen molar-refractivity contribution in [2.45, 2.75) is 0 Å². The molecule has 23 heavy (non-hydrogen) atoms. The molecule has 122 valence electrons. The molecule has 2 aliphatic heterocycles. The van der Waals surface area contributed by atoms with Gasteiger partial charge in [0.05, 0.1) is 32.1 Å². The van der Waals surface area contributed by atoms with Crippen molar-refractivity contribution in [2.24, 2.45) is 0 Å². The fourth-order valence-corrected chi connectivity index (χ4v) is 2.46. The lowest BCUT2D eigenvalue weighted by Crippen LogP contribution is -2.38. The maximum atomic E-state index is 12.2. The molecule has 8 heteroatoms. The highest BCUT2D eigenvalue weighted by molar-refractivity contribution is 6.03. The van der Waals surface area contributed by atoms with Gasteiger partial charge in [-0.2, -0.15) is 0 Å². The van der Waals surface area contributed by atoms with E-state index in [9.17, 15) is 9.59 Å². The smallest absolute Gasteiger partial charge is 0.355 e. The molecule has 0 amide bonds. The third kappa shape index (κ3) is 2.57. The van der Waals surface area contributed by atoms with Gasteiger partial charge in [0, 0.05) is 0 Å². The number of fused-ring (bicyclic) bond motifs is 1. The van der Waals surface area contributed by atoms with Crippen LogP contribution in [0.5, 0.6) is 11.5 Å². The fraction of sp³-hybridized carbons (Fsp3) is 0.333. The van der Waals surface area contributed by atoms with Gasteiger partial charge in [-0.1, -0.05) is 6.07 Å². The third-order valence-electron chi connectivity index (χ3n) is 3.50. The summed E-state index contributed by atoms with van der Waals surface area (Å²) in [7, 11) is 2.48. The van der Waals surface area contributed by atoms with Crippen LogP contribution in [0.25, 0.3) is 0 Å². The van der Waals surface area contributed by atoms with Crippen molar-refractivity contribution in [3.63, 3.8) is 0 Å². The molecule has 0 unspecified atom stereocenters. The first kappa shape index (κ1) is 15.2. The summed E-state index contributed by atoms with van der Waals surface area (Å²) in [6.07, 6.45) is 0. The van der Waals surface area contributed by atoms with Crippen LogP contribution >= 0.6 is 0 Å². The molecule has 0 radical (unpaired) electrons. The summed E-state index contributed by atoms with van der Waals surface area (Å²) in [4.78, 5) is 25.7. The zero-order chi connectivity index (χ0) is 16.4. The van der Waals surface area contributed by atoms with E-state index >= 15 is 0 Å². The van der Waals surface area contributed by atoms with Crippen LogP contribution in [0.15, 0.2) is 29.5 Å². The van der Waals surface area contributed by atoms with E-state index in [2.05, 4.69) is 0 Å². The van der Waals surface area contributed by atoms with E-state index in [0.717, 1.165) is 0 Å². The molecule has 0 aromatic heterocycles. The largest absolute Gasteiger partial charge is 0.466 e. The number of carbonyl (C=O) groups excluding carboxylic acids is 2. The Hall–Kier alpha value is -2.74. The van der Waals surface area contributed by atoms with Gasteiger partial charge in [-0.15, -0.1) is 0 Å². The summed E-state index contributed by atoms with van der Waals surface area (Å²) in [5, 5.41) is 0. The number of rotatable bonds is 3. The van der Waals surface area contributed by atoms with Crippen molar-refractivity contribution in [3.05, 3.63) is 29.5 Å². The molecule has 0 aliphatic carbocycles. The van der Waals surface area contributed by atoms with Crippen molar-refractivity contribution in [2.75, 3.05) is 39.3 Å². The number of para-hydroxylation sites is 1. The van der Waals surface area contributed by atoms with E-state index in [1.807, 2.05) is 0 Å². The van der Waals surface area contributed by atoms with Gasteiger partial charge in [-0.3, -0.25) is 0 Å². The van der Waals surface area contributed by atoms with Gasteiger partial charge in [0.15, 0.2) is 11.5 Å². The first-order chi connectivity index (χ1) is 11.2. The Morgan fingerprint density at radius 3 is 2.65 bits per heavy atom. The number of hydrogen-bond donors (Lipinski definition) is 0. The molecule has 1 aromatic rings. The monoisotopic (exact) mass is 321 g/mol. The molecular weight excluding hydrogens is 306 g/mol. The summed E-state index contributed by atoms with van der Waals surface area (Å²) in [6.45, 7) is 0.104. The minimum atomic E-state index is -0.662. The minimum Gasteiger partial charge on any atom is -0.466 e. The second kappa shape index (κ2) is 6.17. The second-order valence-corrected chi connectivity index (χ2v) is 4.73. The van der Waals surface area contributed by atoms with Gasteiger partial charge < -0.3 is 28.6 Å². The number of carbonyl (C=O) groups is 2. The Balaban J connectivity index is 2.12. The Morgan fingerprint density at radius 1 is 1.13 bits per heavy atom. The SMILES string of the molecule is COC(=O)C1=C(C(=O)OC)N(c2cccc3c2OCO3)COC1. The van der Waals surface area contributed by atoms with Gasteiger partial charge in [-0.25, -0.2) is 9.59 Å². The van der Waals surface area contributed by atoms with Crippen molar-refractivity contribution < 1.29 is 33.3 Å². The molecule has 3 rings (SSSR count). The van der Waals surface area contributed by atoms with Crippen LogP contribution in [0.4, 0.5) is 5.69 Å². The molecule has 0 bridgehead atoms. The van der Waals surface area contributed by atoms with Crippen molar-refractivity contribution in [3.8, 4) is 11.5 Å². The topological polar surface area (TPSA) is 83.5 Å².